The summed E-state index contributed by atoms with van der Waals surface area (Å²) in [6.45, 7) is 0.200. The average molecular weight is 416 g/mol. The van der Waals surface area contributed by atoms with Crippen LogP contribution in [0.1, 0.15) is 12.0 Å². The van der Waals surface area contributed by atoms with Gasteiger partial charge in [0.15, 0.2) is 0 Å². The molecule has 0 aromatic heterocycles. The first-order valence-electron chi connectivity index (χ1n) is 9.11. The summed E-state index contributed by atoms with van der Waals surface area (Å²) < 4.78 is 5.08. The summed E-state index contributed by atoms with van der Waals surface area (Å²) in [5, 5.41) is 3.12. The second-order valence-electron chi connectivity index (χ2n) is 6.84. The minimum Gasteiger partial charge on any atom is -0.495 e. The molecule has 3 amide bonds. The Morgan fingerprint density at radius 1 is 1.24 bits per heavy atom. The first-order valence-corrected chi connectivity index (χ1v) is 9.48. The maximum absolute atomic E-state index is 12.7. The highest BCUT2D eigenvalue weighted by Crippen LogP contribution is 2.27. The number of rotatable bonds is 7. The van der Waals surface area contributed by atoms with E-state index in [1.807, 2.05) is 30.3 Å². The van der Waals surface area contributed by atoms with E-state index in [1.165, 1.54) is 12.0 Å². The monoisotopic (exact) mass is 415 g/mol. The van der Waals surface area contributed by atoms with Gasteiger partial charge < -0.3 is 10.1 Å². The van der Waals surface area contributed by atoms with E-state index in [0.717, 1.165) is 5.56 Å². The summed E-state index contributed by atoms with van der Waals surface area (Å²) in [6, 6.07) is 13.6. The Labute approximate surface area is 174 Å². The van der Waals surface area contributed by atoms with Crippen molar-refractivity contribution < 1.29 is 19.1 Å². The lowest BCUT2D eigenvalue weighted by molar-refractivity contribution is -0.140. The number of ether oxygens (including phenoxy) is 1. The Hall–Kier alpha value is -2.90. The quantitative estimate of drug-likeness (QED) is 0.703. The predicted molar refractivity (Wildman–Crippen MR) is 110 cm³/mol. The number of nitrogens with zero attached hydrogens (tertiary/aromatic N) is 2. The molecular weight excluding hydrogens is 394 g/mol. The van der Waals surface area contributed by atoms with Gasteiger partial charge in [-0.2, -0.15) is 0 Å². The van der Waals surface area contributed by atoms with E-state index in [1.54, 1.807) is 30.1 Å². The molecule has 7 nitrogen and oxygen atoms in total. The van der Waals surface area contributed by atoms with Gasteiger partial charge in [-0.25, -0.2) is 0 Å². The fourth-order valence-electron chi connectivity index (χ4n) is 3.22. The smallest absolute Gasteiger partial charge is 0.247 e. The summed E-state index contributed by atoms with van der Waals surface area (Å²) in [5.74, 6) is -0.328. The second kappa shape index (κ2) is 9.07. The van der Waals surface area contributed by atoms with Gasteiger partial charge in [0, 0.05) is 5.69 Å². The van der Waals surface area contributed by atoms with Crippen molar-refractivity contribution in [1.29, 1.82) is 0 Å². The first kappa shape index (κ1) is 20.8. The number of halogens is 1. The summed E-state index contributed by atoms with van der Waals surface area (Å²) in [5.41, 5.74) is 1.40. The highest BCUT2D eigenvalue weighted by atomic mass is 35.5. The maximum Gasteiger partial charge on any atom is 0.247 e. The Kier molecular flexibility index (Phi) is 6.51. The third-order valence-electron chi connectivity index (χ3n) is 4.76. The molecule has 0 radical (unpaired) electrons. The van der Waals surface area contributed by atoms with Crippen molar-refractivity contribution in [2.24, 2.45) is 0 Å². The molecule has 0 unspecified atom stereocenters. The molecule has 1 atom stereocenters. The van der Waals surface area contributed by atoms with Crippen LogP contribution >= 0.6 is 11.6 Å². The molecule has 1 aliphatic rings. The zero-order valence-corrected chi connectivity index (χ0v) is 17.0. The molecule has 152 valence electrons. The molecular formula is C21H22ClN3O4. The fraction of sp³-hybridized carbons (Fsp3) is 0.286. The fourth-order valence-corrected chi connectivity index (χ4v) is 3.48. The lowest BCUT2D eigenvalue weighted by Crippen LogP contribution is -2.43. The van der Waals surface area contributed by atoms with Gasteiger partial charge in [0.05, 0.1) is 37.7 Å². The highest BCUT2D eigenvalue weighted by molar-refractivity contribution is 6.32. The SMILES string of the molecule is COc1ccc(NC(=O)CN(C)[C@@H]2CC(=O)N(Cc3ccccc3)C2=O)cc1Cl. The summed E-state index contributed by atoms with van der Waals surface area (Å²) in [4.78, 5) is 40.3. The van der Waals surface area contributed by atoms with Crippen molar-refractivity contribution in [3.05, 3.63) is 59.1 Å². The van der Waals surface area contributed by atoms with Crippen molar-refractivity contribution >= 4 is 35.0 Å². The largest absolute Gasteiger partial charge is 0.495 e. The molecule has 0 aliphatic carbocycles. The number of anilines is 1. The molecule has 0 spiro atoms. The number of nitrogens with one attached hydrogen (secondary N) is 1. The van der Waals surface area contributed by atoms with Gasteiger partial charge in [-0.3, -0.25) is 24.2 Å². The topological polar surface area (TPSA) is 79.0 Å². The van der Waals surface area contributed by atoms with E-state index in [4.69, 9.17) is 16.3 Å². The van der Waals surface area contributed by atoms with Crippen LogP contribution in [0.3, 0.4) is 0 Å². The highest BCUT2D eigenvalue weighted by Gasteiger charge is 2.41. The number of likely N-dealkylation sites (tertiary alicyclic amines) is 1. The van der Waals surface area contributed by atoms with Crippen LogP contribution in [-0.4, -0.2) is 54.3 Å². The number of amides is 3. The lowest BCUT2D eigenvalue weighted by Gasteiger charge is -2.22. The number of hydrogen-bond acceptors (Lipinski definition) is 5. The van der Waals surface area contributed by atoms with Crippen LogP contribution in [-0.2, 0) is 20.9 Å². The van der Waals surface area contributed by atoms with E-state index in [-0.39, 0.29) is 37.2 Å². The Morgan fingerprint density at radius 3 is 2.62 bits per heavy atom. The summed E-state index contributed by atoms with van der Waals surface area (Å²) >= 11 is 6.07. The molecule has 2 aromatic rings. The second-order valence-corrected chi connectivity index (χ2v) is 7.24. The predicted octanol–water partition coefficient (Wildman–Crippen LogP) is 2.55. The van der Waals surface area contributed by atoms with E-state index < -0.39 is 6.04 Å². The number of imide groups is 1. The van der Waals surface area contributed by atoms with Crippen LogP contribution in [0.15, 0.2) is 48.5 Å². The van der Waals surface area contributed by atoms with E-state index >= 15 is 0 Å². The summed E-state index contributed by atoms with van der Waals surface area (Å²) in [7, 11) is 3.16. The molecule has 3 rings (SSSR count). The minimum atomic E-state index is -0.656. The number of benzene rings is 2. The minimum absolute atomic E-state index is 0.0352. The Balaban J connectivity index is 1.59. The van der Waals surface area contributed by atoms with Crippen molar-refractivity contribution in [3.63, 3.8) is 0 Å². The third-order valence-corrected chi connectivity index (χ3v) is 5.06. The van der Waals surface area contributed by atoms with Gasteiger partial charge >= 0.3 is 0 Å². The molecule has 8 heteroatoms. The van der Waals surface area contributed by atoms with Gasteiger partial charge in [-0.1, -0.05) is 41.9 Å². The molecule has 0 saturated carbocycles. The number of carbonyl (C=O) groups is 3. The number of hydrogen-bond donors (Lipinski definition) is 1. The van der Waals surface area contributed by atoms with E-state index in [9.17, 15) is 14.4 Å². The average Bonchev–Trinajstić information content (AvgIpc) is 2.97. The van der Waals surface area contributed by atoms with Gasteiger partial charge in [-0.15, -0.1) is 0 Å². The maximum atomic E-state index is 12.7. The lowest BCUT2D eigenvalue weighted by atomic mass is 10.2. The molecule has 1 heterocycles. The van der Waals surface area contributed by atoms with Crippen LogP contribution in [0.25, 0.3) is 0 Å². The summed E-state index contributed by atoms with van der Waals surface area (Å²) in [6.07, 6.45) is 0.0593. The standard InChI is InChI=1S/C21H22ClN3O4/c1-24(13-19(26)23-15-8-9-18(29-2)16(22)10-15)17-11-20(27)25(21(17)28)12-14-6-4-3-5-7-14/h3-10,17H,11-13H2,1-2H3,(H,23,26)/t17-/m1/s1. The van der Waals surface area contributed by atoms with Gasteiger partial charge in [0.1, 0.15) is 5.75 Å². The Morgan fingerprint density at radius 2 is 1.97 bits per heavy atom. The van der Waals surface area contributed by atoms with Crippen molar-refractivity contribution in [2.75, 3.05) is 26.0 Å². The molecule has 1 aliphatic heterocycles. The van der Waals surface area contributed by atoms with Crippen LogP contribution < -0.4 is 10.1 Å². The van der Waals surface area contributed by atoms with Gasteiger partial charge in [0.25, 0.3) is 0 Å². The normalized spacial score (nSPS) is 16.4. The molecule has 1 fully saturated rings. The molecule has 1 N–H and O–H groups in total. The van der Waals surface area contributed by atoms with Gasteiger partial charge in [-0.05, 0) is 30.8 Å². The zero-order valence-electron chi connectivity index (χ0n) is 16.2. The first-order chi connectivity index (χ1) is 13.9. The van der Waals surface area contributed by atoms with Crippen molar-refractivity contribution in [3.8, 4) is 5.75 Å². The molecule has 2 aromatic carbocycles. The van der Waals surface area contributed by atoms with Crippen molar-refractivity contribution in [1.82, 2.24) is 9.80 Å². The van der Waals surface area contributed by atoms with Gasteiger partial charge in [0.2, 0.25) is 17.7 Å². The van der Waals surface area contributed by atoms with Crippen molar-refractivity contribution in [2.45, 2.75) is 19.0 Å². The van der Waals surface area contributed by atoms with Crippen LogP contribution in [0.2, 0.25) is 5.02 Å². The molecule has 29 heavy (non-hydrogen) atoms. The number of carbonyl (C=O) groups excluding carboxylic acids is 3. The molecule has 0 bridgehead atoms. The third kappa shape index (κ3) is 4.93. The van der Waals surface area contributed by atoms with E-state index in [2.05, 4.69) is 5.32 Å². The number of methoxy groups -OCH3 is 1. The van der Waals surface area contributed by atoms with Crippen LogP contribution in [0.4, 0.5) is 5.69 Å². The zero-order chi connectivity index (χ0) is 21.0. The Bertz CT molecular complexity index is 919. The van der Waals surface area contributed by atoms with E-state index in [0.29, 0.717) is 16.5 Å². The van der Waals surface area contributed by atoms with Crippen LogP contribution in [0.5, 0.6) is 5.75 Å². The number of likely N-dealkylation sites (N-methyl/N-ethyl adjacent to an activating group) is 1. The molecule has 1 saturated heterocycles. The van der Waals surface area contributed by atoms with Crippen LogP contribution in [0, 0.1) is 0 Å².